The number of nitrogens with zero attached hydrogens (tertiary/aromatic N) is 3. The largest absolute Gasteiger partial charge is 0.416 e. The van der Waals surface area contributed by atoms with E-state index in [0.29, 0.717) is 12.1 Å². The fourth-order valence-corrected chi connectivity index (χ4v) is 2.30. The minimum atomic E-state index is -4.95. The minimum Gasteiger partial charge on any atom is -0.344 e. The van der Waals surface area contributed by atoms with Crippen molar-refractivity contribution in [1.29, 1.82) is 10.5 Å². The number of rotatable bonds is 2. The summed E-state index contributed by atoms with van der Waals surface area (Å²) in [5.41, 5.74) is -3.03. The number of allylic oxidation sites excluding steroid dienone is 1. The van der Waals surface area contributed by atoms with E-state index in [4.69, 9.17) is 10.5 Å². The van der Waals surface area contributed by atoms with Crippen molar-refractivity contribution in [2.24, 2.45) is 7.05 Å². The van der Waals surface area contributed by atoms with Crippen LogP contribution < -0.4 is 0 Å². The highest BCUT2D eigenvalue weighted by atomic mass is 19.4. The fourth-order valence-electron chi connectivity index (χ4n) is 2.30. The third-order valence-corrected chi connectivity index (χ3v) is 3.58. The van der Waals surface area contributed by atoms with Gasteiger partial charge in [0.25, 0.3) is 0 Å². The van der Waals surface area contributed by atoms with Gasteiger partial charge in [0, 0.05) is 18.4 Å². The monoisotopic (exact) mass is 369 g/mol. The Hall–Kier alpha value is -3.20. The Labute approximate surface area is 144 Å². The molecule has 0 spiro atoms. The summed E-state index contributed by atoms with van der Waals surface area (Å²) in [4.78, 5) is 0. The summed E-state index contributed by atoms with van der Waals surface area (Å²) in [6.07, 6.45) is -8.71. The molecule has 0 amide bonds. The first kappa shape index (κ1) is 19.1. The van der Waals surface area contributed by atoms with Crippen molar-refractivity contribution >= 4 is 6.08 Å². The molecule has 1 heterocycles. The molecule has 0 aliphatic rings. The van der Waals surface area contributed by atoms with Crippen molar-refractivity contribution in [3.63, 3.8) is 0 Å². The lowest BCUT2D eigenvalue weighted by molar-refractivity contribution is -0.143. The molecule has 0 saturated carbocycles. The van der Waals surface area contributed by atoms with Gasteiger partial charge in [-0.15, -0.1) is 0 Å². The number of hydrogen-bond acceptors (Lipinski definition) is 2. The highest BCUT2D eigenvalue weighted by Crippen LogP contribution is 2.38. The summed E-state index contributed by atoms with van der Waals surface area (Å²) in [5.74, 6) is 0. The van der Waals surface area contributed by atoms with Gasteiger partial charge in [-0.05, 0) is 42.0 Å². The van der Waals surface area contributed by atoms with E-state index < -0.39 is 23.5 Å². The lowest BCUT2D eigenvalue weighted by Gasteiger charge is -2.15. The smallest absolute Gasteiger partial charge is 0.344 e. The van der Waals surface area contributed by atoms with Gasteiger partial charge in [-0.3, -0.25) is 0 Å². The summed E-state index contributed by atoms with van der Waals surface area (Å²) >= 11 is 0. The molecule has 0 aliphatic carbocycles. The number of hydrogen-bond donors (Lipinski definition) is 0. The molecule has 0 saturated heterocycles. The lowest BCUT2D eigenvalue weighted by Crippen LogP contribution is -2.11. The average Bonchev–Trinajstić information content (AvgIpc) is 2.91. The predicted octanol–water partition coefficient (Wildman–Crippen LogP) is 5.16. The molecule has 26 heavy (non-hydrogen) atoms. The van der Waals surface area contributed by atoms with Crippen LogP contribution in [0.25, 0.3) is 17.3 Å². The zero-order chi connectivity index (χ0) is 19.7. The molecule has 2 aromatic rings. The Kier molecular flexibility index (Phi) is 4.86. The van der Waals surface area contributed by atoms with Gasteiger partial charge >= 0.3 is 12.4 Å². The number of aromatic nitrogens is 1. The zero-order valence-corrected chi connectivity index (χ0v) is 13.1. The molecule has 9 heteroatoms. The molecule has 0 bridgehead atoms. The molecule has 134 valence electrons. The van der Waals surface area contributed by atoms with Gasteiger partial charge in [0.05, 0.1) is 11.1 Å². The van der Waals surface area contributed by atoms with Crippen molar-refractivity contribution in [2.45, 2.75) is 12.4 Å². The minimum absolute atomic E-state index is 0.0523. The predicted molar refractivity (Wildman–Crippen MR) is 80.1 cm³/mol. The molecule has 0 aliphatic heterocycles. The van der Waals surface area contributed by atoms with E-state index >= 15 is 0 Å². The van der Waals surface area contributed by atoms with E-state index in [1.807, 2.05) is 0 Å². The Balaban J connectivity index is 2.67. The summed E-state index contributed by atoms with van der Waals surface area (Å²) in [6, 6.07) is 7.24. The summed E-state index contributed by atoms with van der Waals surface area (Å²) in [5, 5.41) is 17.5. The Bertz CT molecular complexity index is 901. The van der Waals surface area contributed by atoms with E-state index in [-0.39, 0.29) is 28.6 Å². The van der Waals surface area contributed by atoms with Crippen molar-refractivity contribution in [3.8, 4) is 23.4 Å². The van der Waals surface area contributed by atoms with Gasteiger partial charge < -0.3 is 4.57 Å². The highest BCUT2D eigenvalue weighted by Gasteiger charge is 2.37. The van der Waals surface area contributed by atoms with Crippen LogP contribution in [0.4, 0.5) is 26.3 Å². The molecule has 0 radical (unpaired) electrons. The van der Waals surface area contributed by atoms with Gasteiger partial charge in [0.2, 0.25) is 0 Å². The maximum absolute atomic E-state index is 13.0. The zero-order valence-electron chi connectivity index (χ0n) is 13.1. The van der Waals surface area contributed by atoms with Crippen molar-refractivity contribution in [2.75, 3.05) is 0 Å². The maximum Gasteiger partial charge on any atom is 0.416 e. The van der Waals surface area contributed by atoms with E-state index in [1.165, 1.54) is 29.8 Å². The average molecular weight is 369 g/mol. The van der Waals surface area contributed by atoms with Crippen LogP contribution in [-0.2, 0) is 19.4 Å². The summed E-state index contributed by atoms with van der Waals surface area (Å²) in [6.45, 7) is 0. The number of halogens is 6. The van der Waals surface area contributed by atoms with E-state index in [0.717, 1.165) is 0 Å². The first-order valence-corrected chi connectivity index (χ1v) is 6.95. The van der Waals surface area contributed by atoms with Crippen molar-refractivity contribution in [1.82, 2.24) is 4.57 Å². The van der Waals surface area contributed by atoms with Crippen LogP contribution in [0.2, 0.25) is 0 Å². The first-order valence-electron chi connectivity index (χ1n) is 6.95. The van der Waals surface area contributed by atoms with Gasteiger partial charge in [-0.25, -0.2) is 0 Å². The van der Waals surface area contributed by atoms with Gasteiger partial charge in [0.1, 0.15) is 17.7 Å². The van der Waals surface area contributed by atoms with Crippen LogP contribution in [0.1, 0.15) is 16.8 Å². The quantitative estimate of drug-likeness (QED) is 0.542. The van der Waals surface area contributed by atoms with Gasteiger partial charge in [-0.1, -0.05) is 0 Å². The highest BCUT2D eigenvalue weighted by molar-refractivity contribution is 5.68. The van der Waals surface area contributed by atoms with Crippen molar-refractivity contribution in [3.05, 3.63) is 52.7 Å². The molecule has 0 atom stereocenters. The second kappa shape index (κ2) is 6.60. The normalized spacial score (nSPS) is 11.6. The maximum atomic E-state index is 13.0. The van der Waals surface area contributed by atoms with Crippen LogP contribution >= 0.6 is 0 Å². The third kappa shape index (κ3) is 3.89. The van der Waals surface area contributed by atoms with Gasteiger partial charge in [-0.2, -0.15) is 36.9 Å². The standard InChI is InChI=1S/C17H9F6N3/c1-26-14(4-10(8-24)9-25)2-3-15(26)11-5-12(16(18,19)20)7-13(6-11)17(21,22)23/h2-7H,1H3. The third-order valence-electron chi connectivity index (χ3n) is 3.58. The lowest BCUT2D eigenvalue weighted by atomic mass is 10.0. The SMILES string of the molecule is Cn1c(C=C(C#N)C#N)ccc1-c1cc(C(F)(F)F)cc(C(F)(F)F)c1. The second-order valence-electron chi connectivity index (χ2n) is 5.28. The van der Waals surface area contributed by atoms with Crippen LogP contribution in [0.15, 0.2) is 35.9 Å². The van der Waals surface area contributed by atoms with E-state index in [1.54, 1.807) is 12.1 Å². The summed E-state index contributed by atoms with van der Waals surface area (Å²) in [7, 11) is 1.40. The Morgan fingerprint density at radius 2 is 1.42 bits per heavy atom. The van der Waals surface area contributed by atoms with Crippen molar-refractivity contribution < 1.29 is 26.3 Å². The molecule has 1 aromatic heterocycles. The van der Waals surface area contributed by atoms with Crippen LogP contribution in [0.5, 0.6) is 0 Å². The molecular weight excluding hydrogens is 360 g/mol. The van der Waals surface area contributed by atoms with Crippen LogP contribution in [-0.4, -0.2) is 4.57 Å². The molecule has 3 nitrogen and oxygen atoms in total. The molecule has 0 N–H and O–H groups in total. The molecule has 1 aromatic carbocycles. The Morgan fingerprint density at radius 1 is 0.923 bits per heavy atom. The van der Waals surface area contributed by atoms with E-state index in [2.05, 4.69) is 0 Å². The first-order chi connectivity index (χ1) is 12.0. The number of alkyl halides is 6. The topological polar surface area (TPSA) is 52.5 Å². The fraction of sp³-hybridized carbons (Fsp3) is 0.176. The molecular formula is C17H9F6N3. The number of nitriles is 2. The molecule has 0 fully saturated rings. The second-order valence-corrected chi connectivity index (χ2v) is 5.28. The number of benzene rings is 1. The van der Waals surface area contributed by atoms with Gasteiger partial charge in [0.15, 0.2) is 0 Å². The summed E-state index contributed by atoms with van der Waals surface area (Å²) < 4.78 is 79.1. The molecule has 0 unspecified atom stereocenters. The van der Waals surface area contributed by atoms with Crippen LogP contribution in [0, 0.1) is 22.7 Å². The van der Waals surface area contributed by atoms with E-state index in [9.17, 15) is 26.3 Å². The Morgan fingerprint density at radius 3 is 1.85 bits per heavy atom. The molecule has 2 rings (SSSR count). The van der Waals surface area contributed by atoms with Crippen LogP contribution in [0.3, 0.4) is 0 Å².